The minimum atomic E-state index is -0.635. The summed E-state index contributed by atoms with van der Waals surface area (Å²) in [7, 11) is 1.33. The van der Waals surface area contributed by atoms with E-state index in [9.17, 15) is 25.0 Å². The van der Waals surface area contributed by atoms with Crippen LogP contribution in [0.1, 0.15) is 36.7 Å². The highest BCUT2D eigenvalue weighted by molar-refractivity contribution is 9.10. The van der Waals surface area contributed by atoms with Gasteiger partial charge in [-0.2, -0.15) is 9.78 Å². The quantitative estimate of drug-likeness (QED) is 0.138. The summed E-state index contributed by atoms with van der Waals surface area (Å²) in [5, 5.41) is 27.6. The molecule has 0 saturated carbocycles. The molecule has 0 aliphatic rings. The number of non-ortho nitro benzene ring substituents is 1. The molecule has 1 aromatic heterocycles. The summed E-state index contributed by atoms with van der Waals surface area (Å²) >= 11 is 3.36. The predicted octanol–water partition coefficient (Wildman–Crippen LogP) is 5.57. The number of ether oxygens (including phenoxy) is 2. The van der Waals surface area contributed by atoms with Crippen LogP contribution in [0.2, 0.25) is 0 Å². The average molecular weight is 596 g/mol. The van der Waals surface area contributed by atoms with Crippen molar-refractivity contribution in [1.29, 1.82) is 0 Å². The number of fused-ring (bicyclic) bond motifs is 1. The van der Waals surface area contributed by atoms with E-state index >= 15 is 0 Å². The highest BCUT2D eigenvalue weighted by Crippen LogP contribution is 2.38. The third-order valence-electron chi connectivity index (χ3n) is 5.65. The Bertz CT molecular complexity index is 1680. The number of hydrogen-bond donors (Lipinski definition) is 0. The first-order chi connectivity index (χ1) is 18.6. The van der Waals surface area contributed by atoms with E-state index in [2.05, 4.69) is 26.0 Å². The van der Waals surface area contributed by atoms with Crippen molar-refractivity contribution in [3.63, 3.8) is 0 Å². The zero-order valence-corrected chi connectivity index (χ0v) is 22.6. The van der Waals surface area contributed by atoms with Gasteiger partial charge in [0.25, 0.3) is 11.2 Å². The van der Waals surface area contributed by atoms with Gasteiger partial charge in [-0.25, -0.2) is 4.98 Å². The lowest BCUT2D eigenvalue weighted by Gasteiger charge is -2.13. The number of nitro benzene ring substituents is 2. The van der Waals surface area contributed by atoms with Crippen LogP contribution in [-0.2, 0) is 6.61 Å². The summed E-state index contributed by atoms with van der Waals surface area (Å²) in [5.74, 6) is 0.178. The topological polar surface area (TPSA) is 152 Å². The second-order valence-corrected chi connectivity index (χ2v) is 9.61. The van der Waals surface area contributed by atoms with E-state index in [0.717, 1.165) is 0 Å². The molecule has 1 heterocycles. The third-order valence-corrected chi connectivity index (χ3v) is 6.14. The number of nitro groups is 2. The van der Waals surface area contributed by atoms with E-state index in [1.165, 1.54) is 48.3 Å². The molecule has 0 unspecified atom stereocenters. The lowest BCUT2D eigenvalue weighted by atomic mass is 10.1. The molecule has 0 fully saturated rings. The molecular weight excluding hydrogens is 574 g/mol. The van der Waals surface area contributed by atoms with Crippen LogP contribution >= 0.6 is 15.9 Å². The van der Waals surface area contributed by atoms with E-state index in [0.29, 0.717) is 26.8 Å². The van der Waals surface area contributed by atoms with E-state index in [1.54, 1.807) is 24.3 Å². The van der Waals surface area contributed by atoms with Crippen molar-refractivity contribution in [3.05, 3.63) is 107 Å². The molecule has 0 bridgehead atoms. The van der Waals surface area contributed by atoms with Crippen LogP contribution in [0.4, 0.5) is 11.4 Å². The Morgan fingerprint density at radius 3 is 2.54 bits per heavy atom. The SMILES string of the molecule is COc1cc(C=Nn2c(C(C)C)nc3ccc(Br)cc3c2=O)cc([N+](=O)[O-])c1OCc1cccc([N+](=O)[O-])c1. The zero-order valence-electron chi connectivity index (χ0n) is 21.0. The number of rotatable bonds is 9. The van der Waals surface area contributed by atoms with Crippen molar-refractivity contribution in [2.75, 3.05) is 7.11 Å². The van der Waals surface area contributed by atoms with Crippen molar-refractivity contribution >= 4 is 44.4 Å². The van der Waals surface area contributed by atoms with Gasteiger partial charge >= 0.3 is 5.69 Å². The van der Waals surface area contributed by atoms with Gasteiger partial charge in [-0.3, -0.25) is 25.0 Å². The summed E-state index contributed by atoms with van der Waals surface area (Å²) in [6.07, 6.45) is 1.30. The van der Waals surface area contributed by atoms with Crippen molar-refractivity contribution in [2.45, 2.75) is 26.4 Å². The van der Waals surface area contributed by atoms with E-state index < -0.39 is 15.5 Å². The van der Waals surface area contributed by atoms with Gasteiger partial charge in [0.15, 0.2) is 5.75 Å². The number of hydrogen-bond acceptors (Lipinski definition) is 9. The Morgan fingerprint density at radius 2 is 1.87 bits per heavy atom. The largest absolute Gasteiger partial charge is 0.493 e. The van der Waals surface area contributed by atoms with Gasteiger partial charge in [0, 0.05) is 34.2 Å². The molecule has 4 aromatic rings. The minimum absolute atomic E-state index is 0.0491. The maximum atomic E-state index is 13.3. The van der Waals surface area contributed by atoms with Crippen LogP contribution in [-0.4, -0.2) is 32.8 Å². The standard InChI is InChI=1S/C26H22BrN5O7/c1-15(2)25-29-21-8-7-18(27)12-20(21)26(33)30(25)28-13-17-10-22(32(36)37)24(23(11-17)38-3)39-14-16-5-4-6-19(9-16)31(34)35/h4-13,15H,14H2,1-3H3. The average Bonchev–Trinajstić information content (AvgIpc) is 2.91. The first kappa shape index (κ1) is 27.4. The fourth-order valence-electron chi connectivity index (χ4n) is 3.81. The van der Waals surface area contributed by atoms with Crippen LogP contribution in [0.15, 0.2) is 69.0 Å². The summed E-state index contributed by atoms with van der Waals surface area (Å²) < 4.78 is 12.9. The summed E-state index contributed by atoms with van der Waals surface area (Å²) in [6, 6.07) is 13.6. The van der Waals surface area contributed by atoms with Gasteiger partial charge in [0.1, 0.15) is 12.4 Å². The summed E-state index contributed by atoms with van der Waals surface area (Å²) in [6.45, 7) is 3.58. The van der Waals surface area contributed by atoms with Crippen LogP contribution in [0.25, 0.3) is 10.9 Å². The van der Waals surface area contributed by atoms with Gasteiger partial charge in [-0.15, -0.1) is 0 Å². The number of methoxy groups -OCH3 is 1. The molecule has 3 aromatic carbocycles. The number of nitrogens with zero attached hydrogens (tertiary/aromatic N) is 5. The van der Waals surface area contributed by atoms with Crippen molar-refractivity contribution in [3.8, 4) is 11.5 Å². The molecule has 39 heavy (non-hydrogen) atoms. The summed E-state index contributed by atoms with van der Waals surface area (Å²) in [5.41, 5.74) is 0.328. The van der Waals surface area contributed by atoms with E-state index in [4.69, 9.17) is 9.47 Å². The van der Waals surface area contributed by atoms with Crippen molar-refractivity contribution < 1.29 is 19.3 Å². The molecule has 0 amide bonds. The van der Waals surface area contributed by atoms with Gasteiger partial charge in [-0.05, 0) is 29.8 Å². The smallest absolute Gasteiger partial charge is 0.315 e. The Balaban J connectivity index is 1.74. The van der Waals surface area contributed by atoms with Crippen molar-refractivity contribution in [2.24, 2.45) is 5.10 Å². The van der Waals surface area contributed by atoms with E-state index in [1.807, 2.05) is 13.8 Å². The Hall–Kier alpha value is -4.65. The lowest BCUT2D eigenvalue weighted by Crippen LogP contribution is -2.23. The molecule has 0 atom stereocenters. The molecule has 0 radical (unpaired) electrons. The maximum Gasteiger partial charge on any atom is 0.315 e. The molecule has 0 N–H and O–H groups in total. The first-order valence-corrected chi connectivity index (χ1v) is 12.4. The zero-order chi connectivity index (χ0) is 28.3. The lowest BCUT2D eigenvalue weighted by molar-refractivity contribution is -0.386. The van der Waals surface area contributed by atoms with Gasteiger partial charge in [0.2, 0.25) is 5.75 Å². The first-order valence-electron chi connectivity index (χ1n) is 11.6. The van der Waals surface area contributed by atoms with Crippen LogP contribution in [0.3, 0.4) is 0 Å². The fraction of sp³-hybridized carbons (Fsp3) is 0.192. The molecule has 0 aliphatic carbocycles. The maximum absolute atomic E-state index is 13.3. The number of aromatic nitrogens is 2. The molecule has 0 spiro atoms. The van der Waals surface area contributed by atoms with E-state index in [-0.39, 0.29) is 40.8 Å². The molecular formula is C26H22BrN5O7. The Labute approximate surface area is 229 Å². The highest BCUT2D eigenvalue weighted by atomic mass is 79.9. The normalized spacial score (nSPS) is 11.3. The molecule has 200 valence electrons. The predicted molar refractivity (Wildman–Crippen MR) is 148 cm³/mol. The number of halogens is 1. The molecule has 12 nitrogen and oxygen atoms in total. The second kappa shape index (κ2) is 11.4. The monoisotopic (exact) mass is 595 g/mol. The molecule has 4 rings (SSSR count). The van der Waals surface area contributed by atoms with Gasteiger partial charge in [-0.1, -0.05) is 41.9 Å². The van der Waals surface area contributed by atoms with Crippen LogP contribution in [0, 0.1) is 20.2 Å². The fourth-order valence-corrected chi connectivity index (χ4v) is 4.17. The highest BCUT2D eigenvalue weighted by Gasteiger charge is 2.23. The third kappa shape index (κ3) is 5.93. The molecule has 13 heteroatoms. The van der Waals surface area contributed by atoms with Gasteiger partial charge < -0.3 is 9.47 Å². The van der Waals surface area contributed by atoms with Gasteiger partial charge in [0.05, 0.1) is 34.1 Å². The van der Waals surface area contributed by atoms with Crippen LogP contribution < -0.4 is 15.0 Å². The Morgan fingerprint density at radius 1 is 1.10 bits per heavy atom. The summed E-state index contributed by atoms with van der Waals surface area (Å²) in [4.78, 5) is 39.6. The molecule has 0 saturated heterocycles. The van der Waals surface area contributed by atoms with Crippen molar-refractivity contribution in [1.82, 2.24) is 9.66 Å². The second-order valence-electron chi connectivity index (χ2n) is 8.69. The number of benzene rings is 3. The Kier molecular flexibility index (Phi) is 8.00. The minimum Gasteiger partial charge on any atom is -0.493 e. The molecule has 0 aliphatic heterocycles. The van der Waals surface area contributed by atoms with Crippen LogP contribution in [0.5, 0.6) is 11.5 Å².